The fourth-order valence-corrected chi connectivity index (χ4v) is 3.46. The lowest BCUT2D eigenvalue weighted by molar-refractivity contribution is -0.117. The van der Waals surface area contributed by atoms with Gasteiger partial charge in [-0.05, 0) is 37.6 Å². The molecule has 6 heteroatoms. The molecular formula is C20H21N3O2S. The van der Waals surface area contributed by atoms with Crippen LogP contribution in [0.2, 0.25) is 0 Å². The maximum absolute atomic E-state index is 13.1. The lowest BCUT2D eigenvalue weighted by Crippen LogP contribution is -2.42. The summed E-state index contributed by atoms with van der Waals surface area (Å²) in [5.41, 5.74) is 0.606. The molecule has 0 atom stereocenters. The van der Waals surface area contributed by atoms with Gasteiger partial charge in [0.1, 0.15) is 6.54 Å². The quantitative estimate of drug-likeness (QED) is 0.739. The maximum Gasteiger partial charge on any atom is 0.255 e. The molecule has 26 heavy (non-hydrogen) atoms. The van der Waals surface area contributed by atoms with Gasteiger partial charge in [-0.2, -0.15) is 0 Å². The Balaban J connectivity index is 1.82. The van der Waals surface area contributed by atoms with E-state index in [1.54, 1.807) is 11.1 Å². The van der Waals surface area contributed by atoms with E-state index in [0.29, 0.717) is 10.7 Å². The van der Waals surface area contributed by atoms with Crippen molar-refractivity contribution in [2.75, 3.05) is 11.9 Å². The molecule has 0 aliphatic carbocycles. The molecule has 0 spiro atoms. The normalized spacial score (nSPS) is 10.9. The van der Waals surface area contributed by atoms with Gasteiger partial charge < -0.3 is 10.2 Å². The third-order valence-electron chi connectivity index (χ3n) is 4.09. The van der Waals surface area contributed by atoms with Crippen molar-refractivity contribution >= 4 is 39.1 Å². The summed E-state index contributed by atoms with van der Waals surface area (Å²) in [6, 6.07) is 13.3. The summed E-state index contributed by atoms with van der Waals surface area (Å²) in [6.07, 6.45) is 1.71. The molecule has 0 fully saturated rings. The molecule has 0 aliphatic heterocycles. The van der Waals surface area contributed by atoms with Crippen LogP contribution in [0.4, 0.5) is 5.13 Å². The van der Waals surface area contributed by atoms with Crippen LogP contribution in [0.1, 0.15) is 29.1 Å². The molecule has 0 radical (unpaired) electrons. The minimum absolute atomic E-state index is 0.0155. The number of anilines is 1. The lowest BCUT2D eigenvalue weighted by Gasteiger charge is -2.26. The topological polar surface area (TPSA) is 62.3 Å². The van der Waals surface area contributed by atoms with E-state index in [1.165, 1.54) is 11.3 Å². The van der Waals surface area contributed by atoms with Crippen LogP contribution >= 0.6 is 11.3 Å². The zero-order chi connectivity index (χ0) is 18.7. The second-order valence-corrected chi connectivity index (χ2v) is 7.61. The number of hydrogen-bond donors (Lipinski definition) is 1. The molecule has 134 valence electrons. The summed E-state index contributed by atoms with van der Waals surface area (Å²) in [6.45, 7) is 5.73. The molecule has 2 aromatic carbocycles. The first-order chi connectivity index (χ1) is 12.5. The van der Waals surface area contributed by atoms with E-state index < -0.39 is 0 Å². The maximum atomic E-state index is 13.1. The van der Waals surface area contributed by atoms with Crippen LogP contribution in [-0.2, 0) is 4.79 Å². The Bertz CT molecular complexity index is 944. The highest BCUT2D eigenvalue weighted by atomic mass is 32.1. The molecule has 0 unspecified atom stereocenters. The number of nitrogens with zero attached hydrogens (tertiary/aromatic N) is 2. The highest BCUT2D eigenvalue weighted by Crippen LogP contribution is 2.21. The first-order valence-electron chi connectivity index (χ1n) is 8.46. The van der Waals surface area contributed by atoms with Crippen molar-refractivity contribution in [3.63, 3.8) is 0 Å². The Morgan fingerprint density at radius 2 is 1.88 bits per heavy atom. The van der Waals surface area contributed by atoms with Gasteiger partial charge in [-0.25, -0.2) is 4.98 Å². The summed E-state index contributed by atoms with van der Waals surface area (Å²) in [7, 11) is 0. The smallest absolute Gasteiger partial charge is 0.255 e. The van der Waals surface area contributed by atoms with Crippen LogP contribution in [0, 0.1) is 6.92 Å². The third-order valence-corrected chi connectivity index (χ3v) is 4.91. The number of nitrogens with one attached hydrogen (secondary N) is 1. The Morgan fingerprint density at radius 1 is 1.15 bits per heavy atom. The summed E-state index contributed by atoms with van der Waals surface area (Å²) < 4.78 is 0. The number of aryl methyl sites for hydroxylation is 1. The zero-order valence-corrected chi connectivity index (χ0v) is 15.8. The molecule has 2 amide bonds. The van der Waals surface area contributed by atoms with E-state index >= 15 is 0 Å². The summed E-state index contributed by atoms with van der Waals surface area (Å²) in [4.78, 5) is 32.3. The predicted molar refractivity (Wildman–Crippen MR) is 106 cm³/mol. The Hall–Kier alpha value is -2.73. The van der Waals surface area contributed by atoms with Crippen molar-refractivity contribution in [2.45, 2.75) is 26.8 Å². The molecule has 3 aromatic rings. The number of rotatable bonds is 5. The van der Waals surface area contributed by atoms with E-state index in [1.807, 2.05) is 63.2 Å². The van der Waals surface area contributed by atoms with Gasteiger partial charge in [0.2, 0.25) is 5.91 Å². The van der Waals surface area contributed by atoms with Crippen LogP contribution < -0.4 is 5.32 Å². The fraction of sp³-hybridized carbons (Fsp3) is 0.250. The summed E-state index contributed by atoms with van der Waals surface area (Å²) in [5, 5.41) is 5.21. The third kappa shape index (κ3) is 3.91. The van der Waals surface area contributed by atoms with Crippen LogP contribution in [0.25, 0.3) is 10.8 Å². The molecule has 5 nitrogen and oxygen atoms in total. The van der Waals surface area contributed by atoms with E-state index in [4.69, 9.17) is 0 Å². The van der Waals surface area contributed by atoms with Gasteiger partial charge in [0.25, 0.3) is 5.91 Å². The van der Waals surface area contributed by atoms with Gasteiger partial charge in [0, 0.05) is 22.7 Å². The minimum atomic E-state index is -0.248. The highest BCUT2D eigenvalue weighted by molar-refractivity contribution is 7.15. The minimum Gasteiger partial charge on any atom is -0.327 e. The van der Waals surface area contributed by atoms with Crippen molar-refractivity contribution in [2.24, 2.45) is 0 Å². The van der Waals surface area contributed by atoms with E-state index in [9.17, 15) is 9.59 Å². The van der Waals surface area contributed by atoms with Crippen molar-refractivity contribution in [1.82, 2.24) is 9.88 Å². The SMILES string of the molecule is Cc1cnc(NC(=O)CN(C(=O)c2cccc3ccccc23)C(C)C)s1. The molecular weight excluding hydrogens is 346 g/mol. The summed E-state index contributed by atoms with van der Waals surface area (Å²) in [5.74, 6) is -0.399. The molecule has 0 saturated carbocycles. The molecule has 1 heterocycles. The molecule has 0 bridgehead atoms. The predicted octanol–water partition coefficient (Wildman–Crippen LogP) is 4.09. The highest BCUT2D eigenvalue weighted by Gasteiger charge is 2.23. The number of amides is 2. The lowest BCUT2D eigenvalue weighted by atomic mass is 10.0. The number of benzene rings is 2. The first-order valence-corrected chi connectivity index (χ1v) is 9.28. The average Bonchev–Trinajstić information content (AvgIpc) is 3.03. The number of carbonyl (C=O) groups is 2. The second-order valence-electron chi connectivity index (χ2n) is 6.38. The standard InChI is InChI=1S/C20H21N3O2S/c1-13(2)23(12-18(24)22-20-21-11-14(3)26-20)19(25)17-10-6-8-15-7-4-5-9-16(15)17/h4-11,13H,12H2,1-3H3,(H,21,22,24). The number of thiazole rings is 1. The fourth-order valence-electron chi connectivity index (χ4n) is 2.78. The molecule has 1 aromatic heterocycles. The first kappa shape index (κ1) is 18.1. The van der Waals surface area contributed by atoms with Crippen LogP contribution in [0.5, 0.6) is 0 Å². The number of fused-ring (bicyclic) bond motifs is 1. The van der Waals surface area contributed by atoms with E-state index in [-0.39, 0.29) is 24.4 Å². The Morgan fingerprint density at radius 3 is 2.58 bits per heavy atom. The summed E-state index contributed by atoms with van der Waals surface area (Å²) >= 11 is 1.41. The monoisotopic (exact) mass is 367 g/mol. The zero-order valence-electron chi connectivity index (χ0n) is 15.0. The van der Waals surface area contributed by atoms with Crippen molar-refractivity contribution in [3.8, 4) is 0 Å². The largest absolute Gasteiger partial charge is 0.327 e. The molecule has 3 rings (SSSR count). The Kier molecular flexibility index (Phi) is 5.32. The number of aromatic nitrogens is 1. The molecule has 1 N–H and O–H groups in total. The van der Waals surface area contributed by atoms with Crippen molar-refractivity contribution in [3.05, 3.63) is 59.1 Å². The van der Waals surface area contributed by atoms with Crippen molar-refractivity contribution < 1.29 is 9.59 Å². The second kappa shape index (κ2) is 7.66. The van der Waals surface area contributed by atoms with Gasteiger partial charge >= 0.3 is 0 Å². The van der Waals surface area contributed by atoms with E-state index in [0.717, 1.165) is 15.6 Å². The van der Waals surface area contributed by atoms with Gasteiger partial charge in [-0.1, -0.05) is 36.4 Å². The van der Waals surface area contributed by atoms with Gasteiger partial charge in [-0.15, -0.1) is 11.3 Å². The Labute approximate surface area is 156 Å². The van der Waals surface area contributed by atoms with Crippen LogP contribution in [-0.4, -0.2) is 34.3 Å². The average molecular weight is 367 g/mol. The van der Waals surface area contributed by atoms with Crippen LogP contribution in [0.3, 0.4) is 0 Å². The molecule has 0 aliphatic rings. The number of carbonyl (C=O) groups excluding carboxylic acids is 2. The van der Waals surface area contributed by atoms with E-state index in [2.05, 4.69) is 10.3 Å². The molecule has 0 saturated heterocycles. The van der Waals surface area contributed by atoms with Crippen LogP contribution in [0.15, 0.2) is 48.7 Å². The van der Waals surface area contributed by atoms with Crippen molar-refractivity contribution in [1.29, 1.82) is 0 Å². The number of hydrogen-bond acceptors (Lipinski definition) is 4. The van der Waals surface area contributed by atoms with Gasteiger partial charge in [0.05, 0.1) is 0 Å². The van der Waals surface area contributed by atoms with Gasteiger partial charge in [0.15, 0.2) is 5.13 Å². The van der Waals surface area contributed by atoms with Gasteiger partial charge in [-0.3, -0.25) is 9.59 Å².